The normalized spacial score (nSPS) is 9.78. The van der Waals surface area contributed by atoms with Gasteiger partial charge in [0.25, 0.3) is 0 Å². The number of nitrogens with zero attached hydrogens (tertiary/aromatic N) is 2. The number of rotatable bonds is 3. The second-order valence-corrected chi connectivity index (χ2v) is 4.54. The first kappa shape index (κ1) is 12.3. The highest BCUT2D eigenvalue weighted by Gasteiger charge is 2.09. The summed E-state index contributed by atoms with van der Waals surface area (Å²) in [5.74, 6) is 0.131. The monoisotopic (exact) mass is 304 g/mol. The van der Waals surface area contributed by atoms with Gasteiger partial charge in [-0.3, -0.25) is 9.89 Å². The molecular weight excluding hydrogens is 296 g/mol. The molecule has 0 bridgehead atoms. The van der Waals surface area contributed by atoms with E-state index in [0.717, 1.165) is 10.0 Å². The minimum Gasteiger partial charge on any atom is -0.310 e. The van der Waals surface area contributed by atoms with E-state index in [0.29, 0.717) is 11.4 Å². The smallest absolute Gasteiger partial charge is 0.229 e. The first-order chi connectivity index (χ1) is 8.69. The largest absolute Gasteiger partial charge is 0.310 e. The zero-order valence-electron chi connectivity index (χ0n) is 9.27. The van der Waals surface area contributed by atoms with Crippen LogP contribution >= 0.6 is 15.9 Å². The van der Waals surface area contributed by atoms with Crippen LogP contribution in [0.3, 0.4) is 0 Å². The van der Waals surface area contributed by atoms with Crippen LogP contribution in [0.5, 0.6) is 0 Å². The predicted molar refractivity (Wildman–Crippen MR) is 69.8 cm³/mol. The summed E-state index contributed by atoms with van der Waals surface area (Å²) in [6.07, 6.45) is 1.61. The molecule has 90 valence electrons. The standard InChI is InChI=1S/C12H9BrN4O/c13-10-3-1-2-8(4-10)5-11(18)16-12-9(6-14)7-15-17-12/h1-4,7H,5H2,(H2,15,16,17,18). The molecule has 0 aliphatic heterocycles. The van der Waals surface area contributed by atoms with Crippen LogP contribution in [0.1, 0.15) is 11.1 Å². The number of amides is 1. The Morgan fingerprint density at radius 2 is 2.39 bits per heavy atom. The summed E-state index contributed by atoms with van der Waals surface area (Å²) in [6.45, 7) is 0. The van der Waals surface area contributed by atoms with Crippen LogP contribution in [-0.2, 0) is 11.2 Å². The van der Waals surface area contributed by atoms with Gasteiger partial charge < -0.3 is 5.32 Å². The van der Waals surface area contributed by atoms with Crippen molar-refractivity contribution >= 4 is 27.7 Å². The molecule has 1 aromatic carbocycles. The molecule has 2 aromatic rings. The van der Waals surface area contributed by atoms with E-state index >= 15 is 0 Å². The minimum atomic E-state index is -0.200. The SMILES string of the molecule is N#Cc1cn[nH]c1NC(=O)Cc1cccc(Br)c1. The third kappa shape index (κ3) is 2.96. The fourth-order valence-electron chi connectivity index (χ4n) is 1.48. The summed E-state index contributed by atoms with van der Waals surface area (Å²) in [6, 6.07) is 9.43. The van der Waals surface area contributed by atoms with Crippen molar-refractivity contribution in [3.63, 3.8) is 0 Å². The maximum Gasteiger partial charge on any atom is 0.229 e. The van der Waals surface area contributed by atoms with Crippen molar-refractivity contribution in [2.75, 3.05) is 5.32 Å². The molecule has 2 rings (SSSR count). The summed E-state index contributed by atoms with van der Waals surface area (Å²) in [5, 5.41) is 17.7. The summed E-state index contributed by atoms with van der Waals surface area (Å²) in [7, 11) is 0. The van der Waals surface area contributed by atoms with Crippen molar-refractivity contribution in [3.8, 4) is 6.07 Å². The topological polar surface area (TPSA) is 81.6 Å². The molecule has 0 saturated carbocycles. The molecule has 0 atom stereocenters. The number of nitrogens with one attached hydrogen (secondary N) is 2. The van der Waals surface area contributed by atoms with Crippen molar-refractivity contribution < 1.29 is 4.79 Å². The van der Waals surface area contributed by atoms with Gasteiger partial charge >= 0.3 is 0 Å². The molecule has 1 aromatic heterocycles. The van der Waals surface area contributed by atoms with E-state index in [2.05, 4.69) is 31.4 Å². The van der Waals surface area contributed by atoms with Crippen LogP contribution in [0.4, 0.5) is 5.82 Å². The van der Waals surface area contributed by atoms with Gasteiger partial charge in [0.2, 0.25) is 5.91 Å². The lowest BCUT2D eigenvalue weighted by atomic mass is 10.1. The van der Waals surface area contributed by atoms with Crippen LogP contribution < -0.4 is 5.32 Å². The van der Waals surface area contributed by atoms with Crippen LogP contribution in [0.2, 0.25) is 0 Å². The Morgan fingerprint density at radius 1 is 1.56 bits per heavy atom. The maximum atomic E-state index is 11.8. The average molecular weight is 305 g/mol. The predicted octanol–water partition coefficient (Wildman–Crippen LogP) is 2.23. The van der Waals surface area contributed by atoms with Gasteiger partial charge in [-0.05, 0) is 17.7 Å². The van der Waals surface area contributed by atoms with Gasteiger partial charge in [-0.25, -0.2) is 0 Å². The third-order valence-electron chi connectivity index (χ3n) is 2.28. The maximum absolute atomic E-state index is 11.8. The lowest BCUT2D eigenvalue weighted by Crippen LogP contribution is -2.15. The van der Waals surface area contributed by atoms with Crippen LogP contribution in [-0.4, -0.2) is 16.1 Å². The van der Waals surface area contributed by atoms with E-state index in [4.69, 9.17) is 5.26 Å². The Morgan fingerprint density at radius 3 is 3.11 bits per heavy atom. The Bertz CT molecular complexity index is 615. The Hall–Kier alpha value is -2.13. The highest BCUT2D eigenvalue weighted by molar-refractivity contribution is 9.10. The fraction of sp³-hybridized carbons (Fsp3) is 0.0833. The first-order valence-electron chi connectivity index (χ1n) is 5.17. The Labute approximate surface area is 112 Å². The summed E-state index contributed by atoms with van der Waals surface area (Å²) in [4.78, 5) is 11.8. The average Bonchev–Trinajstić information content (AvgIpc) is 2.76. The van der Waals surface area contributed by atoms with Gasteiger partial charge in [-0.1, -0.05) is 28.1 Å². The van der Waals surface area contributed by atoms with Crippen LogP contribution in [0, 0.1) is 11.3 Å². The summed E-state index contributed by atoms with van der Waals surface area (Å²) < 4.78 is 0.923. The molecule has 18 heavy (non-hydrogen) atoms. The molecule has 0 spiro atoms. The number of anilines is 1. The van der Waals surface area contributed by atoms with Gasteiger partial charge in [0.15, 0.2) is 0 Å². The molecule has 0 saturated heterocycles. The van der Waals surface area contributed by atoms with Crippen molar-refractivity contribution in [3.05, 3.63) is 46.1 Å². The van der Waals surface area contributed by atoms with Crippen molar-refractivity contribution in [2.45, 2.75) is 6.42 Å². The van der Waals surface area contributed by atoms with Crippen molar-refractivity contribution in [2.24, 2.45) is 0 Å². The van der Waals surface area contributed by atoms with Crippen molar-refractivity contribution in [1.82, 2.24) is 10.2 Å². The number of benzene rings is 1. The number of aromatic amines is 1. The number of H-pyrrole nitrogens is 1. The second kappa shape index (κ2) is 5.47. The van der Waals surface area contributed by atoms with Gasteiger partial charge in [-0.15, -0.1) is 0 Å². The second-order valence-electron chi connectivity index (χ2n) is 3.63. The van der Waals surface area contributed by atoms with Gasteiger partial charge in [0.1, 0.15) is 17.5 Å². The Kier molecular flexibility index (Phi) is 3.75. The number of aromatic nitrogens is 2. The number of halogens is 1. The van der Waals surface area contributed by atoms with E-state index in [1.807, 2.05) is 30.3 Å². The lowest BCUT2D eigenvalue weighted by Gasteiger charge is -2.03. The van der Waals surface area contributed by atoms with E-state index in [-0.39, 0.29) is 12.3 Å². The number of hydrogen-bond acceptors (Lipinski definition) is 3. The zero-order chi connectivity index (χ0) is 13.0. The third-order valence-corrected chi connectivity index (χ3v) is 2.77. The summed E-state index contributed by atoms with van der Waals surface area (Å²) >= 11 is 3.34. The minimum absolute atomic E-state index is 0.200. The number of carbonyl (C=O) groups is 1. The molecule has 0 unspecified atom stereocenters. The molecule has 0 fully saturated rings. The van der Waals surface area contributed by atoms with Crippen molar-refractivity contribution in [1.29, 1.82) is 5.26 Å². The zero-order valence-corrected chi connectivity index (χ0v) is 10.9. The van der Waals surface area contributed by atoms with Crippen LogP contribution in [0.25, 0.3) is 0 Å². The van der Waals surface area contributed by atoms with E-state index in [9.17, 15) is 4.79 Å². The van der Waals surface area contributed by atoms with Gasteiger partial charge in [0.05, 0.1) is 12.6 Å². The molecule has 0 aliphatic rings. The number of hydrogen-bond donors (Lipinski definition) is 2. The first-order valence-corrected chi connectivity index (χ1v) is 5.96. The molecule has 2 N–H and O–H groups in total. The summed E-state index contributed by atoms with van der Waals surface area (Å²) in [5.41, 5.74) is 1.21. The quantitative estimate of drug-likeness (QED) is 0.912. The number of carbonyl (C=O) groups excluding carboxylic acids is 1. The highest BCUT2D eigenvalue weighted by Crippen LogP contribution is 2.13. The highest BCUT2D eigenvalue weighted by atomic mass is 79.9. The van der Waals surface area contributed by atoms with Gasteiger partial charge in [-0.2, -0.15) is 10.4 Å². The van der Waals surface area contributed by atoms with Crippen LogP contribution in [0.15, 0.2) is 34.9 Å². The molecule has 0 aliphatic carbocycles. The molecular formula is C12H9BrN4O. The van der Waals surface area contributed by atoms with E-state index in [1.54, 1.807) is 0 Å². The molecule has 1 amide bonds. The molecule has 5 nitrogen and oxygen atoms in total. The van der Waals surface area contributed by atoms with Gasteiger partial charge in [0, 0.05) is 4.47 Å². The Balaban J connectivity index is 2.04. The molecule has 1 heterocycles. The van der Waals surface area contributed by atoms with E-state index in [1.165, 1.54) is 6.20 Å². The lowest BCUT2D eigenvalue weighted by molar-refractivity contribution is -0.115. The fourth-order valence-corrected chi connectivity index (χ4v) is 1.93. The van der Waals surface area contributed by atoms with E-state index < -0.39 is 0 Å². The molecule has 0 radical (unpaired) electrons. The molecule has 6 heteroatoms. The number of nitriles is 1.